The molecule has 0 N–H and O–H groups in total. The topological polar surface area (TPSA) is 21.3 Å². The third-order valence-corrected chi connectivity index (χ3v) is 11.5. The minimum absolute atomic E-state index is 0.0708. The Kier molecular flexibility index (Phi) is 6.28. The molecule has 12 aromatic rings. The van der Waals surface area contributed by atoms with Crippen molar-refractivity contribution in [1.82, 2.24) is 4.57 Å². The predicted molar refractivity (Wildman–Crippen MR) is 257 cm³/mol. The second-order valence-corrected chi connectivity index (χ2v) is 15.0. The second-order valence-electron chi connectivity index (χ2n) is 15.0. The second kappa shape index (κ2) is 14.3. The highest BCUT2D eigenvalue weighted by Gasteiger charge is 2.17. The van der Waals surface area contributed by atoms with Crippen molar-refractivity contribution in [2.75, 3.05) is 4.90 Å². The molecule has 0 unspecified atom stereocenters. The predicted octanol–water partition coefficient (Wildman–Crippen LogP) is 16.3. The Bertz CT molecular complexity index is 4010. The highest BCUT2D eigenvalue weighted by atomic mass is 16.3. The number of hydrogen-bond donors (Lipinski definition) is 0. The van der Waals surface area contributed by atoms with Crippen molar-refractivity contribution in [2.24, 2.45) is 0 Å². The van der Waals surface area contributed by atoms with Crippen molar-refractivity contribution in [2.45, 2.75) is 0 Å². The van der Waals surface area contributed by atoms with E-state index in [2.05, 4.69) is 89.5 Å². The molecule has 2 heterocycles. The molecular formula is C58H38N2O. The summed E-state index contributed by atoms with van der Waals surface area (Å²) in [6, 6.07) is 53.7. The van der Waals surface area contributed by atoms with Crippen LogP contribution in [0.3, 0.4) is 0 Å². The highest BCUT2D eigenvalue weighted by molar-refractivity contribution is 6.15. The first-order valence-electron chi connectivity index (χ1n) is 24.6. The van der Waals surface area contributed by atoms with Crippen LogP contribution in [0.1, 0.15) is 12.3 Å². The van der Waals surface area contributed by atoms with Crippen molar-refractivity contribution in [3.63, 3.8) is 0 Å². The number of hydrogen-bond acceptors (Lipinski definition) is 2. The van der Waals surface area contributed by atoms with Crippen molar-refractivity contribution < 1.29 is 16.8 Å². The quantitative estimate of drug-likeness (QED) is 0.160. The van der Waals surface area contributed by atoms with Crippen molar-refractivity contribution >= 4 is 71.6 Å². The van der Waals surface area contributed by atoms with Gasteiger partial charge in [0.1, 0.15) is 11.2 Å². The lowest BCUT2D eigenvalue weighted by Gasteiger charge is -2.26. The lowest BCUT2D eigenvalue weighted by Crippen LogP contribution is -2.09. The number of nitrogens with zero attached hydrogens (tertiary/aromatic N) is 2. The molecule has 0 amide bonds. The first-order valence-corrected chi connectivity index (χ1v) is 20.1. The van der Waals surface area contributed by atoms with E-state index in [1.807, 2.05) is 91.0 Å². The van der Waals surface area contributed by atoms with Gasteiger partial charge in [-0.15, -0.1) is 0 Å². The summed E-state index contributed by atoms with van der Waals surface area (Å²) in [6.07, 6.45) is 0. The van der Waals surface area contributed by atoms with Crippen LogP contribution in [0.25, 0.3) is 93.6 Å². The number of fused-ring (bicyclic) bond motifs is 8. The number of aromatic nitrogens is 1. The van der Waals surface area contributed by atoms with Gasteiger partial charge in [-0.25, -0.2) is 0 Å². The lowest BCUT2D eigenvalue weighted by atomic mass is 10.0. The van der Waals surface area contributed by atoms with Gasteiger partial charge in [0.15, 0.2) is 0 Å². The Balaban J connectivity index is 0.981. The van der Waals surface area contributed by atoms with Gasteiger partial charge in [0, 0.05) is 49.7 Å². The standard InChI is InChI=1S/C58H38N2O/c1-2-11-39(12-3-1)40-21-29-46(30-22-40)59(48-33-25-42(26-34-48)45-28-36-57-54(38-45)53-35-27-43-13-4-5-16-50(43)58(53)61-57)47-31-23-41(24-32-47)44-14-10-15-49(37-44)60-55-19-8-6-17-51(55)52-18-7-9-20-56(52)60/h1-38H/i1D,2D,3D,11D,12D,21D,22D,29D,30D. The molecule has 0 fully saturated rings. The Labute approximate surface area is 366 Å². The van der Waals surface area contributed by atoms with E-state index in [0.717, 1.165) is 82.5 Å². The molecular weight excluding hydrogens is 741 g/mol. The van der Waals surface area contributed by atoms with Crippen LogP contribution >= 0.6 is 0 Å². The molecule has 0 atom stereocenters. The van der Waals surface area contributed by atoms with Gasteiger partial charge in [0.2, 0.25) is 0 Å². The molecule has 61 heavy (non-hydrogen) atoms. The Morgan fingerprint density at radius 3 is 1.66 bits per heavy atom. The summed E-state index contributed by atoms with van der Waals surface area (Å²) in [5.74, 6) is 0. The third kappa shape index (κ3) is 5.98. The Morgan fingerprint density at radius 2 is 0.967 bits per heavy atom. The Hall–Kier alpha value is -8.14. The van der Waals surface area contributed by atoms with Crippen molar-refractivity contribution in [1.29, 1.82) is 0 Å². The molecule has 12 rings (SSSR count). The molecule has 3 nitrogen and oxygen atoms in total. The molecule has 0 spiro atoms. The minimum Gasteiger partial charge on any atom is -0.455 e. The zero-order chi connectivity index (χ0) is 48.1. The van der Waals surface area contributed by atoms with E-state index < -0.39 is 59.9 Å². The number of rotatable bonds is 7. The first kappa shape index (κ1) is 26.8. The molecule has 0 aliphatic heterocycles. The molecule has 0 aliphatic rings. The van der Waals surface area contributed by atoms with Crippen LogP contribution in [0, 0.1) is 0 Å². The maximum atomic E-state index is 9.48. The monoisotopic (exact) mass is 787 g/mol. The van der Waals surface area contributed by atoms with Crippen LogP contribution in [0.2, 0.25) is 0 Å². The van der Waals surface area contributed by atoms with E-state index in [4.69, 9.17) is 11.3 Å². The van der Waals surface area contributed by atoms with Crippen LogP contribution in [-0.2, 0) is 0 Å². The van der Waals surface area contributed by atoms with Gasteiger partial charge in [0.05, 0.1) is 23.4 Å². The summed E-state index contributed by atoms with van der Waals surface area (Å²) in [5, 5.41) is 6.46. The summed E-state index contributed by atoms with van der Waals surface area (Å²) in [4.78, 5) is 1.67. The minimum atomic E-state index is -0.632. The van der Waals surface area contributed by atoms with E-state index in [9.17, 15) is 5.48 Å². The molecule has 0 saturated heterocycles. The molecule has 0 radical (unpaired) electrons. The summed E-state index contributed by atoms with van der Waals surface area (Å²) >= 11 is 0. The number of benzene rings is 10. The van der Waals surface area contributed by atoms with Gasteiger partial charge in [-0.1, -0.05) is 151 Å². The van der Waals surface area contributed by atoms with E-state index in [1.54, 1.807) is 4.90 Å². The van der Waals surface area contributed by atoms with Crippen LogP contribution < -0.4 is 4.90 Å². The van der Waals surface area contributed by atoms with Gasteiger partial charge in [0.25, 0.3) is 0 Å². The first-order chi connectivity index (χ1) is 34.0. The molecule has 0 bridgehead atoms. The van der Waals surface area contributed by atoms with Crippen LogP contribution in [0.5, 0.6) is 0 Å². The van der Waals surface area contributed by atoms with Crippen LogP contribution in [0.4, 0.5) is 17.1 Å². The maximum absolute atomic E-state index is 9.48. The summed E-state index contributed by atoms with van der Waals surface area (Å²) < 4.78 is 88.2. The molecule has 3 heteroatoms. The molecule has 0 aliphatic carbocycles. The Morgan fingerprint density at radius 1 is 0.377 bits per heavy atom. The number of anilines is 3. The van der Waals surface area contributed by atoms with Gasteiger partial charge >= 0.3 is 0 Å². The largest absolute Gasteiger partial charge is 0.455 e. The normalized spacial score (nSPS) is 13.7. The number of para-hydroxylation sites is 2. The SMILES string of the molecule is [2H]c1c([2H])c([2H])c(-c2c([2H])c([2H])c(N(c3ccc(-c4cccc(-n5c6ccccc6c6ccccc65)c4)cc3)c3ccc(-c4ccc5oc6c7ccccc7ccc6c5c4)cc3)c([2H])c2[2H])c([2H])c1[2H]. The van der Waals surface area contributed by atoms with E-state index >= 15 is 0 Å². The average Bonchev–Trinajstić information content (AvgIpc) is 3.95. The van der Waals surface area contributed by atoms with Crippen molar-refractivity contribution in [3.05, 3.63) is 230 Å². The van der Waals surface area contributed by atoms with Gasteiger partial charge in [-0.2, -0.15) is 0 Å². The molecule has 0 saturated carbocycles. The number of furan rings is 1. The van der Waals surface area contributed by atoms with E-state index in [-0.39, 0.29) is 11.3 Å². The lowest BCUT2D eigenvalue weighted by molar-refractivity contribution is 0.672. The fourth-order valence-electron chi connectivity index (χ4n) is 8.64. The van der Waals surface area contributed by atoms with Crippen LogP contribution in [0.15, 0.2) is 235 Å². The maximum Gasteiger partial charge on any atom is 0.143 e. The van der Waals surface area contributed by atoms with E-state index in [0.29, 0.717) is 11.4 Å². The average molecular weight is 788 g/mol. The smallest absolute Gasteiger partial charge is 0.143 e. The van der Waals surface area contributed by atoms with Crippen LogP contribution in [-0.4, -0.2) is 4.57 Å². The highest BCUT2D eigenvalue weighted by Crippen LogP contribution is 2.40. The van der Waals surface area contributed by atoms with Crippen molar-refractivity contribution in [3.8, 4) is 39.1 Å². The van der Waals surface area contributed by atoms with Gasteiger partial charge in [-0.05, 0) is 118 Å². The molecule has 286 valence electrons. The molecule has 2 aromatic heterocycles. The fraction of sp³-hybridized carbons (Fsp3) is 0. The fourth-order valence-corrected chi connectivity index (χ4v) is 8.64. The molecule has 10 aromatic carbocycles. The van der Waals surface area contributed by atoms with Gasteiger partial charge < -0.3 is 13.9 Å². The zero-order valence-electron chi connectivity index (χ0n) is 41.5. The third-order valence-electron chi connectivity index (χ3n) is 11.5. The van der Waals surface area contributed by atoms with E-state index in [1.165, 1.54) is 0 Å². The summed E-state index contributed by atoms with van der Waals surface area (Å²) in [5.41, 5.74) is 8.76. The summed E-state index contributed by atoms with van der Waals surface area (Å²) in [6.45, 7) is 0. The van der Waals surface area contributed by atoms with Gasteiger partial charge in [-0.3, -0.25) is 0 Å². The zero-order valence-corrected chi connectivity index (χ0v) is 32.5. The summed E-state index contributed by atoms with van der Waals surface area (Å²) in [7, 11) is 0.